The molecule has 0 saturated carbocycles. The molecule has 1 aromatic heterocycles. The zero-order valence-corrected chi connectivity index (χ0v) is 13.5. The molecule has 0 aliphatic carbocycles. The molecule has 7 heteroatoms. The van der Waals surface area contributed by atoms with Crippen molar-refractivity contribution < 1.29 is 4.74 Å². The molecule has 20 heavy (non-hydrogen) atoms. The zero-order valence-electron chi connectivity index (χ0n) is 11.2. The van der Waals surface area contributed by atoms with Gasteiger partial charge in [-0.15, -0.1) is 0 Å². The minimum absolute atomic E-state index is 0.197. The molecule has 2 N–H and O–H groups in total. The van der Waals surface area contributed by atoms with E-state index >= 15 is 0 Å². The van der Waals surface area contributed by atoms with Crippen LogP contribution in [0, 0.1) is 0 Å². The molecule has 0 amide bonds. The Balaban J connectivity index is 2.43. The Morgan fingerprint density at radius 1 is 1.15 bits per heavy atom. The number of aromatic nitrogens is 2. The van der Waals surface area contributed by atoms with Crippen molar-refractivity contribution in [2.75, 3.05) is 5.73 Å². The third-order valence-corrected chi connectivity index (χ3v) is 3.80. The number of ether oxygens (including phenoxy) is 1. The van der Waals surface area contributed by atoms with E-state index in [4.69, 9.17) is 45.3 Å². The van der Waals surface area contributed by atoms with E-state index in [1.807, 2.05) is 13.8 Å². The largest absolute Gasteiger partial charge is 0.436 e. The first kappa shape index (κ1) is 15.3. The maximum absolute atomic E-state index is 6.09. The number of nitrogens with two attached hydrogens (primary N) is 1. The number of aryl methyl sites for hydroxylation is 1. The SMILES string of the molecule is CC(C)c1nn(C)c(Oc2cc(Cl)c(Cl)cc2Cl)c1N. The van der Waals surface area contributed by atoms with Gasteiger partial charge in [0, 0.05) is 13.1 Å². The maximum Gasteiger partial charge on any atom is 0.241 e. The van der Waals surface area contributed by atoms with Crippen molar-refractivity contribution in [3.63, 3.8) is 0 Å². The lowest BCUT2D eigenvalue weighted by molar-refractivity contribution is 0.432. The summed E-state index contributed by atoms with van der Waals surface area (Å²) in [4.78, 5) is 0. The van der Waals surface area contributed by atoms with Gasteiger partial charge in [0.25, 0.3) is 0 Å². The molecule has 0 aliphatic heterocycles. The van der Waals surface area contributed by atoms with Gasteiger partial charge in [-0.05, 0) is 12.0 Å². The first-order chi connectivity index (χ1) is 9.31. The third-order valence-electron chi connectivity index (χ3n) is 2.79. The lowest BCUT2D eigenvalue weighted by Gasteiger charge is -2.09. The molecule has 0 saturated heterocycles. The van der Waals surface area contributed by atoms with Crippen LogP contribution in [0.1, 0.15) is 25.5 Å². The number of hydrogen-bond donors (Lipinski definition) is 1. The summed E-state index contributed by atoms with van der Waals surface area (Å²) in [5.41, 5.74) is 7.33. The molecule has 1 heterocycles. The molecule has 0 spiro atoms. The summed E-state index contributed by atoms with van der Waals surface area (Å²) in [6.45, 7) is 4.02. The van der Waals surface area contributed by atoms with Crippen molar-refractivity contribution in [3.8, 4) is 11.6 Å². The van der Waals surface area contributed by atoms with E-state index in [2.05, 4.69) is 5.10 Å². The Morgan fingerprint density at radius 3 is 2.30 bits per heavy atom. The van der Waals surface area contributed by atoms with Gasteiger partial charge in [0.2, 0.25) is 5.88 Å². The van der Waals surface area contributed by atoms with Gasteiger partial charge in [-0.1, -0.05) is 48.7 Å². The van der Waals surface area contributed by atoms with E-state index < -0.39 is 0 Å². The molecular weight excluding hydrogens is 321 g/mol. The van der Waals surface area contributed by atoms with Crippen LogP contribution < -0.4 is 10.5 Å². The van der Waals surface area contributed by atoms with Gasteiger partial charge in [0.05, 0.1) is 20.8 Å². The van der Waals surface area contributed by atoms with Crippen LogP contribution >= 0.6 is 34.8 Å². The molecule has 0 bridgehead atoms. The topological polar surface area (TPSA) is 53.1 Å². The lowest BCUT2D eigenvalue weighted by Crippen LogP contribution is -1.97. The Kier molecular flexibility index (Phi) is 4.37. The second-order valence-electron chi connectivity index (χ2n) is 4.68. The summed E-state index contributed by atoms with van der Waals surface area (Å²) < 4.78 is 7.31. The molecule has 0 radical (unpaired) electrons. The number of hydrogen-bond acceptors (Lipinski definition) is 3. The number of nitrogen functional groups attached to an aromatic ring is 1. The van der Waals surface area contributed by atoms with Crippen molar-refractivity contribution in [3.05, 3.63) is 32.9 Å². The van der Waals surface area contributed by atoms with E-state index in [0.29, 0.717) is 32.4 Å². The number of anilines is 1. The average Bonchev–Trinajstić information content (AvgIpc) is 2.63. The summed E-state index contributed by atoms with van der Waals surface area (Å²) in [6.07, 6.45) is 0. The molecule has 2 aromatic rings. The fourth-order valence-electron chi connectivity index (χ4n) is 1.78. The minimum Gasteiger partial charge on any atom is -0.436 e. The van der Waals surface area contributed by atoms with Gasteiger partial charge in [-0.3, -0.25) is 0 Å². The van der Waals surface area contributed by atoms with Crippen LogP contribution in [-0.2, 0) is 7.05 Å². The molecule has 0 aliphatic rings. The zero-order chi connectivity index (χ0) is 15.0. The van der Waals surface area contributed by atoms with Crippen LogP contribution in [0.25, 0.3) is 0 Å². The van der Waals surface area contributed by atoms with Crippen molar-refractivity contribution >= 4 is 40.5 Å². The molecule has 108 valence electrons. The highest BCUT2D eigenvalue weighted by Crippen LogP contribution is 2.39. The highest BCUT2D eigenvalue weighted by atomic mass is 35.5. The van der Waals surface area contributed by atoms with Crippen LogP contribution in [0.2, 0.25) is 15.1 Å². The van der Waals surface area contributed by atoms with Crippen molar-refractivity contribution in [2.24, 2.45) is 7.05 Å². The number of benzene rings is 1. The third kappa shape index (κ3) is 2.82. The predicted octanol–water partition coefficient (Wildman–Crippen LogP) is 4.88. The quantitative estimate of drug-likeness (QED) is 0.814. The van der Waals surface area contributed by atoms with E-state index in [-0.39, 0.29) is 5.92 Å². The summed E-state index contributed by atoms with van der Waals surface area (Å²) in [5.74, 6) is 1.00. The summed E-state index contributed by atoms with van der Waals surface area (Å²) in [6, 6.07) is 3.07. The molecule has 0 unspecified atom stereocenters. The van der Waals surface area contributed by atoms with Gasteiger partial charge < -0.3 is 10.5 Å². The Bertz CT molecular complexity index is 653. The van der Waals surface area contributed by atoms with Crippen molar-refractivity contribution in [1.82, 2.24) is 9.78 Å². The summed E-state index contributed by atoms with van der Waals surface area (Å²) in [7, 11) is 1.75. The first-order valence-corrected chi connectivity index (χ1v) is 7.09. The molecular formula is C13H14Cl3N3O. The van der Waals surface area contributed by atoms with Crippen molar-refractivity contribution in [2.45, 2.75) is 19.8 Å². The molecule has 0 atom stereocenters. The Labute approximate surface area is 132 Å². The standard InChI is InChI=1S/C13H14Cl3N3O/c1-6(2)12-11(17)13(19(3)18-12)20-10-5-8(15)7(14)4-9(10)16/h4-6H,17H2,1-3H3. The number of nitrogens with zero attached hydrogens (tertiary/aromatic N) is 2. The fourth-order valence-corrected chi connectivity index (χ4v) is 2.35. The van der Waals surface area contributed by atoms with E-state index in [9.17, 15) is 0 Å². The Morgan fingerprint density at radius 2 is 1.75 bits per heavy atom. The highest BCUT2D eigenvalue weighted by molar-refractivity contribution is 6.43. The normalized spacial score (nSPS) is 11.2. The van der Waals surface area contributed by atoms with Gasteiger partial charge in [0.1, 0.15) is 11.4 Å². The van der Waals surface area contributed by atoms with E-state index in [1.165, 1.54) is 6.07 Å². The van der Waals surface area contributed by atoms with E-state index in [1.54, 1.807) is 17.8 Å². The van der Waals surface area contributed by atoms with E-state index in [0.717, 1.165) is 5.69 Å². The smallest absolute Gasteiger partial charge is 0.241 e. The lowest BCUT2D eigenvalue weighted by atomic mass is 10.1. The summed E-state index contributed by atoms with van der Waals surface area (Å²) in [5, 5.41) is 5.42. The maximum atomic E-state index is 6.09. The van der Waals surface area contributed by atoms with Crippen LogP contribution in [0.5, 0.6) is 11.6 Å². The van der Waals surface area contributed by atoms with Gasteiger partial charge in [-0.25, -0.2) is 4.68 Å². The van der Waals surface area contributed by atoms with Crippen LogP contribution in [0.15, 0.2) is 12.1 Å². The van der Waals surface area contributed by atoms with Crippen LogP contribution in [0.4, 0.5) is 5.69 Å². The van der Waals surface area contributed by atoms with Crippen molar-refractivity contribution in [1.29, 1.82) is 0 Å². The molecule has 0 fully saturated rings. The monoisotopic (exact) mass is 333 g/mol. The Hall–Kier alpha value is -1.10. The minimum atomic E-state index is 0.197. The average molecular weight is 335 g/mol. The molecule has 4 nitrogen and oxygen atoms in total. The second-order valence-corrected chi connectivity index (χ2v) is 5.90. The second kappa shape index (κ2) is 5.72. The first-order valence-electron chi connectivity index (χ1n) is 5.96. The number of halogens is 3. The van der Waals surface area contributed by atoms with Crippen LogP contribution in [0.3, 0.4) is 0 Å². The van der Waals surface area contributed by atoms with Gasteiger partial charge in [0.15, 0.2) is 0 Å². The fraction of sp³-hybridized carbons (Fsp3) is 0.308. The number of rotatable bonds is 3. The van der Waals surface area contributed by atoms with Gasteiger partial charge >= 0.3 is 0 Å². The predicted molar refractivity (Wildman–Crippen MR) is 83.3 cm³/mol. The molecule has 2 rings (SSSR count). The van der Waals surface area contributed by atoms with Gasteiger partial charge in [-0.2, -0.15) is 5.10 Å². The highest BCUT2D eigenvalue weighted by Gasteiger charge is 2.19. The van der Waals surface area contributed by atoms with Crippen LogP contribution in [-0.4, -0.2) is 9.78 Å². The summed E-state index contributed by atoms with van der Waals surface area (Å²) >= 11 is 17.9. The molecule has 1 aromatic carbocycles.